The number of hydrogen-bond donors (Lipinski definition) is 1. The van der Waals surface area contributed by atoms with Crippen LogP contribution in [0.3, 0.4) is 0 Å². The summed E-state index contributed by atoms with van der Waals surface area (Å²) in [6.07, 6.45) is 2.20. The lowest BCUT2D eigenvalue weighted by atomic mass is 9.91. The van der Waals surface area contributed by atoms with Crippen molar-refractivity contribution in [3.8, 4) is 0 Å². The van der Waals surface area contributed by atoms with E-state index in [0.29, 0.717) is 5.02 Å². The molecule has 1 aromatic heterocycles. The van der Waals surface area contributed by atoms with Crippen LogP contribution in [0.15, 0.2) is 30.5 Å². The number of pyridine rings is 1. The zero-order valence-electron chi connectivity index (χ0n) is 10.0. The van der Waals surface area contributed by atoms with E-state index in [1.165, 1.54) is 0 Å². The summed E-state index contributed by atoms with van der Waals surface area (Å²) in [4.78, 5) is 4.30. The van der Waals surface area contributed by atoms with Crippen molar-refractivity contribution in [2.75, 3.05) is 0 Å². The van der Waals surface area contributed by atoms with Gasteiger partial charge >= 0.3 is 0 Å². The molecule has 1 heterocycles. The van der Waals surface area contributed by atoms with E-state index in [0.717, 1.165) is 22.9 Å². The number of rotatable bonds is 3. The predicted molar refractivity (Wildman–Crippen MR) is 71.5 cm³/mol. The van der Waals surface area contributed by atoms with Crippen LogP contribution in [-0.4, -0.2) is 16.2 Å². The van der Waals surface area contributed by atoms with Crippen molar-refractivity contribution in [1.82, 2.24) is 4.98 Å². The molecule has 0 bridgehead atoms. The Bertz CT molecular complexity index is 527. The zero-order chi connectivity index (χ0) is 12.4. The molecule has 1 aromatic carbocycles. The van der Waals surface area contributed by atoms with E-state index >= 15 is 0 Å². The smallest absolute Gasteiger partial charge is 0.0719 e. The molecule has 17 heavy (non-hydrogen) atoms. The first-order valence-corrected chi connectivity index (χ1v) is 6.23. The van der Waals surface area contributed by atoms with Crippen LogP contribution >= 0.6 is 11.6 Å². The van der Waals surface area contributed by atoms with Crippen LogP contribution in [0.2, 0.25) is 5.02 Å². The Morgan fingerprint density at radius 2 is 2.12 bits per heavy atom. The van der Waals surface area contributed by atoms with Crippen molar-refractivity contribution < 1.29 is 5.11 Å². The van der Waals surface area contributed by atoms with Gasteiger partial charge < -0.3 is 5.11 Å². The van der Waals surface area contributed by atoms with Gasteiger partial charge in [-0.3, -0.25) is 4.98 Å². The number of nitrogens with zero attached hydrogens (tertiary/aromatic N) is 1. The first-order valence-electron chi connectivity index (χ1n) is 5.85. The first kappa shape index (κ1) is 12.3. The van der Waals surface area contributed by atoms with Gasteiger partial charge in [0.05, 0.1) is 11.6 Å². The molecule has 2 nitrogen and oxygen atoms in total. The molecule has 0 radical (unpaired) electrons. The van der Waals surface area contributed by atoms with Gasteiger partial charge in [-0.15, -0.1) is 0 Å². The Labute approximate surface area is 106 Å². The quantitative estimate of drug-likeness (QED) is 0.899. The molecule has 2 atom stereocenters. The van der Waals surface area contributed by atoms with Crippen LogP contribution in [-0.2, 0) is 0 Å². The number of halogens is 1. The standard InChI is InChI=1S/C14H16ClNO/c1-3-14(17)9(2)11-6-7-16-13-8-10(15)4-5-12(11)13/h4-9,14,17H,3H2,1-2H3. The molecule has 0 aliphatic carbocycles. The van der Waals surface area contributed by atoms with Crippen LogP contribution in [0.1, 0.15) is 31.7 Å². The summed E-state index contributed by atoms with van der Waals surface area (Å²) >= 11 is 5.95. The average molecular weight is 250 g/mol. The maximum absolute atomic E-state index is 9.95. The van der Waals surface area contributed by atoms with Crippen molar-refractivity contribution in [2.45, 2.75) is 32.3 Å². The van der Waals surface area contributed by atoms with Crippen molar-refractivity contribution in [3.63, 3.8) is 0 Å². The molecule has 3 heteroatoms. The number of aliphatic hydroxyl groups is 1. The first-order chi connectivity index (χ1) is 8.13. The summed E-state index contributed by atoms with van der Waals surface area (Å²) < 4.78 is 0. The summed E-state index contributed by atoms with van der Waals surface area (Å²) in [6.45, 7) is 4.03. The highest BCUT2D eigenvalue weighted by molar-refractivity contribution is 6.31. The molecular formula is C14H16ClNO. The van der Waals surface area contributed by atoms with E-state index in [4.69, 9.17) is 11.6 Å². The molecule has 2 unspecified atom stereocenters. The van der Waals surface area contributed by atoms with Gasteiger partial charge in [0.15, 0.2) is 0 Å². The number of aliphatic hydroxyl groups excluding tert-OH is 1. The SMILES string of the molecule is CCC(O)C(C)c1ccnc2cc(Cl)ccc12. The number of aromatic nitrogens is 1. The van der Waals surface area contributed by atoms with Gasteiger partial charge in [0.2, 0.25) is 0 Å². The van der Waals surface area contributed by atoms with E-state index in [9.17, 15) is 5.11 Å². The maximum atomic E-state index is 9.95. The lowest BCUT2D eigenvalue weighted by Gasteiger charge is -2.19. The second-order valence-corrected chi connectivity index (χ2v) is 4.76. The highest BCUT2D eigenvalue weighted by atomic mass is 35.5. The summed E-state index contributed by atoms with van der Waals surface area (Å²) in [5.74, 6) is 0.103. The Kier molecular flexibility index (Phi) is 3.65. The van der Waals surface area contributed by atoms with Gasteiger partial charge in [-0.25, -0.2) is 0 Å². The highest BCUT2D eigenvalue weighted by Gasteiger charge is 2.16. The fourth-order valence-corrected chi connectivity index (χ4v) is 2.27. The molecule has 0 aliphatic heterocycles. The molecule has 0 fully saturated rings. The van der Waals surface area contributed by atoms with Gasteiger partial charge in [-0.1, -0.05) is 31.5 Å². The van der Waals surface area contributed by atoms with Crippen molar-refractivity contribution in [1.29, 1.82) is 0 Å². The zero-order valence-corrected chi connectivity index (χ0v) is 10.8. The Hall–Kier alpha value is -1.12. The Morgan fingerprint density at radius 3 is 2.82 bits per heavy atom. The third-order valence-electron chi connectivity index (χ3n) is 3.22. The minimum absolute atomic E-state index is 0.103. The second kappa shape index (κ2) is 5.03. The molecule has 90 valence electrons. The molecular weight excluding hydrogens is 234 g/mol. The van der Waals surface area contributed by atoms with E-state index < -0.39 is 0 Å². The van der Waals surface area contributed by atoms with Gasteiger partial charge in [-0.05, 0) is 30.2 Å². The van der Waals surface area contributed by atoms with Crippen LogP contribution in [0.5, 0.6) is 0 Å². The Balaban J connectivity index is 2.54. The molecule has 0 spiro atoms. The second-order valence-electron chi connectivity index (χ2n) is 4.33. The van der Waals surface area contributed by atoms with E-state index in [1.807, 2.05) is 38.1 Å². The van der Waals surface area contributed by atoms with Crippen molar-refractivity contribution >= 4 is 22.5 Å². The summed E-state index contributed by atoms with van der Waals surface area (Å²) in [5, 5.41) is 11.7. The molecule has 2 rings (SSSR count). The molecule has 0 saturated heterocycles. The normalized spacial score (nSPS) is 14.8. The minimum Gasteiger partial charge on any atom is -0.393 e. The predicted octanol–water partition coefficient (Wildman–Crippen LogP) is 3.76. The number of benzene rings is 1. The summed E-state index contributed by atoms with van der Waals surface area (Å²) in [5.41, 5.74) is 2.01. The lowest BCUT2D eigenvalue weighted by Crippen LogP contribution is -2.14. The Morgan fingerprint density at radius 1 is 1.35 bits per heavy atom. The molecule has 0 amide bonds. The fraction of sp³-hybridized carbons (Fsp3) is 0.357. The van der Waals surface area contributed by atoms with Crippen LogP contribution in [0, 0.1) is 0 Å². The third kappa shape index (κ3) is 2.43. The lowest BCUT2D eigenvalue weighted by molar-refractivity contribution is 0.145. The van der Waals surface area contributed by atoms with Crippen LogP contribution in [0.4, 0.5) is 0 Å². The van der Waals surface area contributed by atoms with Gasteiger partial charge in [0, 0.05) is 22.5 Å². The highest BCUT2D eigenvalue weighted by Crippen LogP contribution is 2.28. The van der Waals surface area contributed by atoms with Crippen molar-refractivity contribution in [2.24, 2.45) is 0 Å². The molecule has 0 aliphatic rings. The van der Waals surface area contributed by atoms with Crippen LogP contribution in [0.25, 0.3) is 10.9 Å². The van der Waals surface area contributed by atoms with E-state index in [1.54, 1.807) is 6.20 Å². The third-order valence-corrected chi connectivity index (χ3v) is 3.46. The topological polar surface area (TPSA) is 33.1 Å². The largest absolute Gasteiger partial charge is 0.393 e. The number of fused-ring (bicyclic) bond motifs is 1. The fourth-order valence-electron chi connectivity index (χ4n) is 2.10. The summed E-state index contributed by atoms with van der Waals surface area (Å²) in [6, 6.07) is 7.66. The average Bonchev–Trinajstić information content (AvgIpc) is 2.35. The van der Waals surface area contributed by atoms with Crippen molar-refractivity contribution in [3.05, 3.63) is 41.0 Å². The van der Waals surface area contributed by atoms with Gasteiger partial charge in [0.1, 0.15) is 0 Å². The molecule has 1 N–H and O–H groups in total. The summed E-state index contributed by atoms with van der Waals surface area (Å²) in [7, 11) is 0. The monoisotopic (exact) mass is 249 g/mol. The van der Waals surface area contributed by atoms with Gasteiger partial charge in [-0.2, -0.15) is 0 Å². The number of hydrogen-bond acceptors (Lipinski definition) is 2. The maximum Gasteiger partial charge on any atom is 0.0719 e. The molecule has 2 aromatic rings. The van der Waals surface area contributed by atoms with Crippen LogP contribution < -0.4 is 0 Å². The molecule has 0 saturated carbocycles. The van der Waals surface area contributed by atoms with Gasteiger partial charge in [0.25, 0.3) is 0 Å². The minimum atomic E-state index is -0.323. The van der Waals surface area contributed by atoms with E-state index in [-0.39, 0.29) is 12.0 Å². The van der Waals surface area contributed by atoms with E-state index in [2.05, 4.69) is 4.98 Å².